The number of thiophene rings is 1. The summed E-state index contributed by atoms with van der Waals surface area (Å²) in [7, 11) is 0. The predicted octanol–water partition coefficient (Wildman–Crippen LogP) is 4.26. The topological polar surface area (TPSA) is 21.3 Å². The molecule has 2 aromatic rings. The highest BCUT2D eigenvalue weighted by atomic mass is 32.1. The first kappa shape index (κ1) is 14.1. The van der Waals surface area contributed by atoms with Gasteiger partial charge in [0.2, 0.25) is 0 Å². The lowest BCUT2D eigenvalue weighted by Crippen LogP contribution is -2.25. The molecular weight excluding hydrogens is 254 g/mol. The van der Waals surface area contributed by atoms with E-state index in [1.807, 2.05) is 41.7 Å². The molecule has 3 heteroatoms. The number of hydrogen-bond donors (Lipinski definition) is 1. The fourth-order valence-electron chi connectivity index (χ4n) is 2.04. The molecule has 1 heterocycles. The normalized spacial score (nSPS) is 12.3. The van der Waals surface area contributed by atoms with Gasteiger partial charge in [-0.05, 0) is 30.0 Å². The van der Waals surface area contributed by atoms with Gasteiger partial charge < -0.3 is 10.1 Å². The number of nitrogens with one attached hydrogen (secondary N) is 1. The minimum absolute atomic E-state index is 0.462. The summed E-state index contributed by atoms with van der Waals surface area (Å²) in [5.74, 6) is 0.937. The van der Waals surface area contributed by atoms with Gasteiger partial charge in [0.1, 0.15) is 12.4 Å². The molecular formula is C16H21NOS. The van der Waals surface area contributed by atoms with Crippen molar-refractivity contribution in [3.63, 3.8) is 0 Å². The smallest absolute Gasteiger partial charge is 0.119 e. The number of hydrogen-bond acceptors (Lipinski definition) is 3. The Morgan fingerprint density at radius 2 is 2.00 bits per heavy atom. The van der Waals surface area contributed by atoms with E-state index in [1.165, 1.54) is 17.7 Å². The van der Waals surface area contributed by atoms with Crippen LogP contribution in [0.2, 0.25) is 0 Å². The van der Waals surface area contributed by atoms with Crippen molar-refractivity contribution >= 4 is 11.3 Å². The highest BCUT2D eigenvalue weighted by molar-refractivity contribution is 7.10. The molecule has 1 N–H and O–H groups in total. The molecule has 2 nitrogen and oxygen atoms in total. The Labute approximate surface area is 119 Å². The van der Waals surface area contributed by atoms with Crippen molar-refractivity contribution in [2.75, 3.05) is 13.2 Å². The summed E-state index contributed by atoms with van der Waals surface area (Å²) >= 11 is 1.82. The van der Waals surface area contributed by atoms with Crippen molar-refractivity contribution in [2.24, 2.45) is 0 Å². The molecule has 1 aromatic heterocycles. The van der Waals surface area contributed by atoms with Crippen LogP contribution in [0.3, 0.4) is 0 Å². The Morgan fingerprint density at radius 3 is 2.68 bits per heavy atom. The molecule has 1 unspecified atom stereocenters. The van der Waals surface area contributed by atoms with Crippen LogP contribution >= 0.6 is 11.3 Å². The average molecular weight is 275 g/mol. The number of benzene rings is 1. The molecule has 0 aliphatic heterocycles. The monoisotopic (exact) mass is 275 g/mol. The summed E-state index contributed by atoms with van der Waals surface area (Å²) in [4.78, 5) is 1.42. The number of ether oxygens (including phenoxy) is 1. The Hall–Kier alpha value is -1.32. The molecule has 1 aromatic carbocycles. The zero-order valence-corrected chi connectivity index (χ0v) is 12.2. The lowest BCUT2D eigenvalue weighted by molar-refractivity contribution is 0.303. The lowest BCUT2D eigenvalue weighted by Gasteiger charge is -2.17. The van der Waals surface area contributed by atoms with E-state index in [2.05, 4.69) is 29.8 Å². The molecule has 0 saturated heterocycles. The third kappa shape index (κ3) is 4.69. The Morgan fingerprint density at radius 1 is 1.16 bits per heavy atom. The van der Waals surface area contributed by atoms with E-state index in [1.54, 1.807) is 0 Å². The van der Waals surface area contributed by atoms with Crippen LogP contribution in [0.1, 0.15) is 30.7 Å². The first-order chi connectivity index (χ1) is 9.40. The van der Waals surface area contributed by atoms with E-state index < -0.39 is 0 Å². The van der Waals surface area contributed by atoms with E-state index in [4.69, 9.17) is 4.74 Å². The van der Waals surface area contributed by atoms with Crippen molar-refractivity contribution < 1.29 is 4.74 Å². The second-order valence-corrected chi connectivity index (χ2v) is 5.45. The van der Waals surface area contributed by atoms with Crippen LogP contribution < -0.4 is 10.1 Å². The summed E-state index contributed by atoms with van der Waals surface area (Å²) in [6, 6.07) is 14.7. The second-order valence-electron chi connectivity index (χ2n) is 4.47. The van der Waals surface area contributed by atoms with Gasteiger partial charge in [-0.15, -0.1) is 11.3 Å². The molecule has 0 amide bonds. The van der Waals surface area contributed by atoms with Crippen LogP contribution in [0.5, 0.6) is 5.75 Å². The van der Waals surface area contributed by atoms with Gasteiger partial charge >= 0.3 is 0 Å². The van der Waals surface area contributed by atoms with E-state index in [-0.39, 0.29) is 0 Å². The van der Waals surface area contributed by atoms with Gasteiger partial charge in [-0.2, -0.15) is 0 Å². The summed E-state index contributed by atoms with van der Waals surface area (Å²) in [6.07, 6.45) is 2.36. The summed E-state index contributed by atoms with van der Waals surface area (Å²) in [5, 5.41) is 5.72. The largest absolute Gasteiger partial charge is 0.492 e. The molecule has 2 rings (SSSR count). The van der Waals surface area contributed by atoms with Gasteiger partial charge in [-0.1, -0.05) is 37.6 Å². The summed E-state index contributed by atoms with van der Waals surface area (Å²) < 4.78 is 5.69. The quantitative estimate of drug-likeness (QED) is 0.727. The van der Waals surface area contributed by atoms with Gasteiger partial charge in [0.15, 0.2) is 0 Å². The van der Waals surface area contributed by atoms with Crippen molar-refractivity contribution in [1.29, 1.82) is 0 Å². The Balaban J connectivity index is 1.74. The highest BCUT2D eigenvalue weighted by Crippen LogP contribution is 2.22. The maximum atomic E-state index is 5.69. The number of rotatable bonds is 8. The van der Waals surface area contributed by atoms with Crippen molar-refractivity contribution in [1.82, 2.24) is 5.32 Å². The standard InChI is InChI=1S/C16H21NOS/c1-2-7-15(16-10-6-13-19-16)17-11-12-18-14-8-4-3-5-9-14/h3-6,8-10,13,15,17H,2,7,11-12H2,1H3. The fraction of sp³-hybridized carbons (Fsp3) is 0.375. The van der Waals surface area contributed by atoms with Crippen molar-refractivity contribution in [2.45, 2.75) is 25.8 Å². The summed E-state index contributed by atoms with van der Waals surface area (Å²) in [5.41, 5.74) is 0. The van der Waals surface area contributed by atoms with E-state index in [0.717, 1.165) is 12.3 Å². The van der Waals surface area contributed by atoms with Crippen LogP contribution in [0.4, 0.5) is 0 Å². The third-order valence-electron chi connectivity index (χ3n) is 2.97. The number of para-hydroxylation sites is 1. The van der Waals surface area contributed by atoms with Crippen LogP contribution in [-0.2, 0) is 0 Å². The molecule has 0 fully saturated rings. The minimum atomic E-state index is 0.462. The fourth-order valence-corrected chi connectivity index (χ4v) is 2.88. The molecule has 19 heavy (non-hydrogen) atoms. The first-order valence-electron chi connectivity index (χ1n) is 6.84. The average Bonchev–Trinajstić information content (AvgIpc) is 2.97. The summed E-state index contributed by atoms with van der Waals surface area (Å²) in [6.45, 7) is 3.80. The maximum absolute atomic E-state index is 5.69. The molecule has 0 aliphatic carbocycles. The molecule has 0 bridgehead atoms. The molecule has 1 atom stereocenters. The SMILES string of the molecule is CCCC(NCCOc1ccccc1)c1cccs1. The van der Waals surface area contributed by atoms with Crippen LogP contribution in [0.15, 0.2) is 47.8 Å². The van der Waals surface area contributed by atoms with Crippen LogP contribution in [0, 0.1) is 0 Å². The van der Waals surface area contributed by atoms with E-state index in [9.17, 15) is 0 Å². The van der Waals surface area contributed by atoms with Gasteiger partial charge in [-0.3, -0.25) is 0 Å². The van der Waals surface area contributed by atoms with Gasteiger partial charge in [-0.25, -0.2) is 0 Å². The van der Waals surface area contributed by atoms with E-state index >= 15 is 0 Å². The molecule has 0 aliphatic rings. The molecule has 0 saturated carbocycles. The van der Waals surface area contributed by atoms with Gasteiger partial charge in [0.05, 0.1) is 0 Å². The second kappa shape index (κ2) is 7.97. The Kier molecular flexibility index (Phi) is 5.92. The zero-order chi connectivity index (χ0) is 13.3. The van der Waals surface area contributed by atoms with Crippen LogP contribution in [-0.4, -0.2) is 13.2 Å². The van der Waals surface area contributed by atoms with Crippen LogP contribution in [0.25, 0.3) is 0 Å². The third-order valence-corrected chi connectivity index (χ3v) is 3.95. The van der Waals surface area contributed by atoms with Gasteiger partial charge in [0, 0.05) is 17.5 Å². The maximum Gasteiger partial charge on any atom is 0.119 e. The molecule has 0 spiro atoms. The zero-order valence-electron chi connectivity index (χ0n) is 11.3. The predicted molar refractivity (Wildman–Crippen MR) is 81.9 cm³/mol. The van der Waals surface area contributed by atoms with E-state index in [0.29, 0.717) is 12.6 Å². The minimum Gasteiger partial charge on any atom is -0.492 e. The van der Waals surface area contributed by atoms with Gasteiger partial charge in [0.25, 0.3) is 0 Å². The van der Waals surface area contributed by atoms with Crippen molar-refractivity contribution in [3.05, 3.63) is 52.7 Å². The lowest BCUT2D eigenvalue weighted by atomic mass is 10.1. The van der Waals surface area contributed by atoms with Crippen molar-refractivity contribution in [3.8, 4) is 5.75 Å². The Bertz CT molecular complexity index is 441. The molecule has 0 radical (unpaired) electrons. The molecule has 102 valence electrons. The highest BCUT2D eigenvalue weighted by Gasteiger charge is 2.10. The first-order valence-corrected chi connectivity index (χ1v) is 7.72.